The lowest BCUT2D eigenvalue weighted by Gasteiger charge is -2.14. The van der Waals surface area contributed by atoms with Gasteiger partial charge in [0.05, 0.1) is 38.8 Å². The molecule has 3 heteroatoms. The molecule has 0 aliphatic carbocycles. The van der Waals surface area contributed by atoms with Gasteiger partial charge in [0.2, 0.25) is 0 Å². The molecule has 11 aromatic rings. The van der Waals surface area contributed by atoms with E-state index in [0.29, 0.717) is 0 Å². The molecule has 0 N–H and O–H groups in total. The molecular formula is C48H30N2O. The Morgan fingerprint density at radius 3 is 1.53 bits per heavy atom. The van der Waals surface area contributed by atoms with Gasteiger partial charge in [-0.1, -0.05) is 121 Å². The Bertz CT molecular complexity index is 3140. The molecule has 0 radical (unpaired) electrons. The molecule has 238 valence electrons. The first-order valence-corrected chi connectivity index (χ1v) is 17.4. The van der Waals surface area contributed by atoms with Crippen LogP contribution in [0, 0.1) is 0 Å². The van der Waals surface area contributed by atoms with Crippen LogP contribution < -0.4 is 0 Å². The average Bonchev–Trinajstić information content (AvgIpc) is 3.85. The largest absolute Gasteiger partial charge is 0.456 e. The summed E-state index contributed by atoms with van der Waals surface area (Å²) in [5, 5.41) is 7.21. The van der Waals surface area contributed by atoms with Crippen LogP contribution in [0.3, 0.4) is 0 Å². The molecule has 0 unspecified atom stereocenters. The summed E-state index contributed by atoms with van der Waals surface area (Å²) in [4.78, 5) is 0. The number of nitrogens with zero attached hydrogens (tertiary/aromatic N) is 2. The molecule has 0 spiro atoms. The standard InChI is InChI=1S/C48H30N2O/c1-2-13-31(14-3-1)34-15-4-8-19-40(34)49-41-20-9-5-16-35(41)38-29-32(25-27-43(38)49)33-26-28-44-39(30-33)36-17-6-10-21-42(36)50(44)45-22-12-24-47-48(45)37-18-7-11-23-46(37)51-47/h1-30H. The molecular weight excluding hydrogens is 621 g/mol. The number of para-hydroxylation sites is 4. The summed E-state index contributed by atoms with van der Waals surface area (Å²) in [6.45, 7) is 0. The van der Waals surface area contributed by atoms with Crippen LogP contribution in [-0.2, 0) is 0 Å². The van der Waals surface area contributed by atoms with E-state index in [4.69, 9.17) is 4.42 Å². The zero-order valence-electron chi connectivity index (χ0n) is 27.6. The minimum atomic E-state index is 0.898. The first-order chi connectivity index (χ1) is 25.3. The molecule has 3 nitrogen and oxygen atoms in total. The van der Waals surface area contributed by atoms with E-state index in [0.717, 1.165) is 27.6 Å². The van der Waals surface area contributed by atoms with E-state index >= 15 is 0 Å². The number of benzene rings is 8. The van der Waals surface area contributed by atoms with E-state index < -0.39 is 0 Å². The molecule has 11 rings (SSSR count). The molecule has 51 heavy (non-hydrogen) atoms. The molecule has 0 amide bonds. The summed E-state index contributed by atoms with van der Waals surface area (Å²) in [5.74, 6) is 0. The Morgan fingerprint density at radius 2 is 0.824 bits per heavy atom. The summed E-state index contributed by atoms with van der Waals surface area (Å²) < 4.78 is 11.1. The van der Waals surface area contributed by atoms with Crippen molar-refractivity contribution in [2.75, 3.05) is 0 Å². The highest BCUT2D eigenvalue weighted by atomic mass is 16.3. The predicted octanol–water partition coefficient (Wildman–Crippen LogP) is 13.1. The lowest BCUT2D eigenvalue weighted by molar-refractivity contribution is 0.669. The average molecular weight is 651 g/mol. The second kappa shape index (κ2) is 10.8. The van der Waals surface area contributed by atoms with E-state index in [1.54, 1.807) is 0 Å². The van der Waals surface area contributed by atoms with Gasteiger partial charge in [-0.25, -0.2) is 0 Å². The molecule has 0 saturated carbocycles. The van der Waals surface area contributed by atoms with E-state index in [1.165, 1.54) is 71.6 Å². The summed E-state index contributed by atoms with van der Waals surface area (Å²) in [5.41, 5.74) is 13.7. The minimum Gasteiger partial charge on any atom is -0.456 e. The van der Waals surface area contributed by atoms with E-state index in [2.05, 4.69) is 179 Å². The summed E-state index contributed by atoms with van der Waals surface area (Å²) in [6.07, 6.45) is 0. The molecule has 0 bridgehead atoms. The SMILES string of the molecule is c1ccc(-c2ccccc2-n2c3ccccc3c3cc(-c4ccc5c(c4)c4ccccc4n5-c4cccc5oc6ccccc6c45)ccc32)cc1. The van der Waals surface area contributed by atoms with E-state index in [9.17, 15) is 0 Å². The van der Waals surface area contributed by atoms with Crippen molar-refractivity contribution in [3.8, 4) is 33.6 Å². The minimum absolute atomic E-state index is 0.898. The van der Waals surface area contributed by atoms with Crippen molar-refractivity contribution < 1.29 is 4.42 Å². The number of fused-ring (bicyclic) bond motifs is 9. The van der Waals surface area contributed by atoms with Crippen LogP contribution >= 0.6 is 0 Å². The molecule has 8 aromatic carbocycles. The zero-order chi connectivity index (χ0) is 33.5. The van der Waals surface area contributed by atoms with E-state index in [-0.39, 0.29) is 0 Å². The number of hydrogen-bond acceptors (Lipinski definition) is 1. The van der Waals surface area contributed by atoms with Gasteiger partial charge >= 0.3 is 0 Å². The van der Waals surface area contributed by atoms with Crippen molar-refractivity contribution in [2.24, 2.45) is 0 Å². The number of hydrogen-bond donors (Lipinski definition) is 0. The van der Waals surface area contributed by atoms with Gasteiger partial charge in [0.25, 0.3) is 0 Å². The van der Waals surface area contributed by atoms with Crippen molar-refractivity contribution in [1.82, 2.24) is 9.13 Å². The van der Waals surface area contributed by atoms with Crippen molar-refractivity contribution in [3.05, 3.63) is 182 Å². The van der Waals surface area contributed by atoms with Crippen LogP contribution in [0.1, 0.15) is 0 Å². The Morgan fingerprint density at radius 1 is 0.314 bits per heavy atom. The third kappa shape index (κ3) is 4.12. The second-order valence-electron chi connectivity index (χ2n) is 13.3. The maximum absolute atomic E-state index is 6.30. The van der Waals surface area contributed by atoms with Crippen LogP contribution in [0.25, 0.3) is 99.2 Å². The van der Waals surface area contributed by atoms with Gasteiger partial charge in [-0.15, -0.1) is 0 Å². The third-order valence-corrected chi connectivity index (χ3v) is 10.5. The van der Waals surface area contributed by atoms with Gasteiger partial charge in [-0.05, 0) is 77.4 Å². The second-order valence-corrected chi connectivity index (χ2v) is 13.3. The zero-order valence-corrected chi connectivity index (χ0v) is 27.6. The topological polar surface area (TPSA) is 23.0 Å². The van der Waals surface area contributed by atoms with E-state index in [1.807, 2.05) is 12.1 Å². The van der Waals surface area contributed by atoms with Gasteiger partial charge in [0.1, 0.15) is 11.2 Å². The number of aromatic nitrogens is 2. The monoisotopic (exact) mass is 650 g/mol. The lowest BCUT2D eigenvalue weighted by Crippen LogP contribution is -1.97. The van der Waals surface area contributed by atoms with Gasteiger partial charge in [-0.2, -0.15) is 0 Å². The van der Waals surface area contributed by atoms with Gasteiger partial charge < -0.3 is 13.6 Å². The van der Waals surface area contributed by atoms with Crippen LogP contribution in [0.15, 0.2) is 186 Å². The third-order valence-electron chi connectivity index (χ3n) is 10.5. The van der Waals surface area contributed by atoms with Gasteiger partial charge in [0, 0.05) is 32.5 Å². The van der Waals surface area contributed by atoms with Crippen molar-refractivity contribution in [2.45, 2.75) is 0 Å². The highest BCUT2D eigenvalue weighted by Crippen LogP contribution is 2.41. The molecule has 0 atom stereocenters. The van der Waals surface area contributed by atoms with Crippen LogP contribution in [0.4, 0.5) is 0 Å². The fraction of sp³-hybridized carbons (Fsp3) is 0. The summed E-state index contributed by atoms with van der Waals surface area (Å²) >= 11 is 0. The Kier molecular flexibility index (Phi) is 5.96. The quantitative estimate of drug-likeness (QED) is 0.186. The van der Waals surface area contributed by atoms with Crippen molar-refractivity contribution in [1.29, 1.82) is 0 Å². The molecule has 3 heterocycles. The van der Waals surface area contributed by atoms with Crippen LogP contribution in [-0.4, -0.2) is 9.13 Å². The first kappa shape index (κ1) is 28.0. The summed E-state index contributed by atoms with van der Waals surface area (Å²) in [6, 6.07) is 65.5. The molecule has 3 aromatic heterocycles. The highest BCUT2D eigenvalue weighted by molar-refractivity contribution is 6.15. The Balaban J connectivity index is 1.12. The normalized spacial score (nSPS) is 11.9. The summed E-state index contributed by atoms with van der Waals surface area (Å²) in [7, 11) is 0. The number of furan rings is 1. The van der Waals surface area contributed by atoms with Crippen LogP contribution in [0.2, 0.25) is 0 Å². The molecule has 0 aliphatic rings. The van der Waals surface area contributed by atoms with Crippen molar-refractivity contribution >= 4 is 65.6 Å². The van der Waals surface area contributed by atoms with Gasteiger partial charge in [-0.3, -0.25) is 0 Å². The van der Waals surface area contributed by atoms with Crippen LogP contribution in [0.5, 0.6) is 0 Å². The Labute approximate surface area is 293 Å². The van der Waals surface area contributed by atoms with Crippen molar-refractivity contribution in [3.63, 3.8) is 0 Å². The lowest BCUT2D eigenvalue weighted by atomic mass is 10.0. The fourth-order valence-electron chi connectivity index (χ4n) is 8.30. The Hall–Kier alpha value is -6.84. The fourth-order valence-corrected chi connectivity index (χ4v) is 8.30. The first-order valence-electron chi connectivity index (χ1n) is 17.4. The molecule has 0 fully saturated rings. The number of rotatable bonds is 4. The predicted molar refractivity (Wildman–Crippen MR) is 213 cm³/mol. The maximum atomic E-state index is 6.30. The van der Waals surface area contributed by atoms with Gasteiger partial charge in [0.15, 0.2) is 0 Å². The highest BCUT2D eigenvalue weighted by Gasteiger charge is 2.19. The molecule has 0 aliphatic heterocycles. The smallest absolute Gasteiger partial charge is 0.137 e. The molecule has 0 saturated heterocycles. The maximum Gasteiger partial charge on any atom is 0.137 e.